The zero-order chi connectivity index (χ0) is 17.0. The number of H-pyrrole nitrogens is 1. The van der Waals surface area contributed by atoms with Crippen molar-refractivity contribution in [1.29, 1.82) is 0 Å². The van der Waals surface area contributed by atoms with Crippen LogP contribution in [0.4, 0.5) is 13.2 Å². The summed E-state index contributed by atoms with van der Waals surface area (Å²) >= 11 is 0. The molecule has 0 aliphatic heterocycles. The Bertz CT molecular complexity index is 677. The van der Waals surface area contributed by atoms with Crippen LogP contribution in [0.15, 0.2) is 18.2 Å². The molecule has 0 spiro atoms. The first kappa shape index (κ1) is 17.3. The average Bonchev–Trinajstić information content (AvgIpc) is 2.94. The molecule has 1 aromatic carbocycles. The minimum atomic E-state index is -4.54. The van der Waals surface area contributed by atoms with Gasteiger partial charge in [-0.05, 0) is 31.3 Å². The van der Waals surface area contributed by atoms with Crippen LogP contribution in [0.1, 0.15) is 30.0 Å². The van der Waals surface area contributed by atoms with E-state index in [9.17, 15) is 18.0 Å². The van der Waals surface area contributed by atoms with Gasteiger partial charge >= 0.3 is 6.18 Å². The fourth-order valence-electron chi connectivity index (χ4n) is 2.25. The number of rotatable bonds is 6. The molecule has 8 heteroatoms. The molecule has 2 aromatic rings. The summed E-state index contributed by atoms with van der Waals surface area (Å²) in [6, 6.07) is 4.25. The summed E-state index contributed by atoms with van der Waals surface area (Å²) in [4.78, 5) is 19.9. The van der Waals surface area contributed by atoms with Crippen LogP contribution in [0.2, 0.25) is 0 Å². The predicted molar refractivity (Wildman–Crippen MR) is 81.2 cm³/mol. The van der Waals surface area contributed by atoms with Gasteiger partial charge in [-0.15, -0.1) is 0 Å². The molecule has 0 radical (unpaired) electrons. The van der Waals surface area contributed by atoms with Gasteiger partial charge in [0.1, 0.15) is 0 Å². The Hall–Kier alpha value is -2.09. The lowest BCUT2D eigenvalue weighted by Gasteiger charge is -2.17. The predicted octanol–water partition coefficient (Wildman–Crippen LogP) is 2.65. The third-order valence-electron chi connectivity index (χ3n) is 3.62. The van der Waals surface area contributed by atoms with Crippen molar-refractivity contribution in [2.24, 2.45) is 0 Å². The van der Waals surface area contributed by atoms with Gasteiger partial charge in [0.25, 0.3) is 5.91 Å². The monoisotopic (exact) mass is 328 g/mol. The molecular formula is C15H19F3N4O. The number of nitrogens with one attached hydrogen (secondary N) is 2. The molecule has 1 heterocycles. The number of amides is 1. The van der Waals surface area contributed by atoms with E-state index in [0.717, 1.165) is 19.6 Å². The van der Waals surface area contributed by atoms with E-state index < -0.39 is 12.0 Å². The fourth-order valence-corrected chi connectivity index (χ4v) is 2.25. The Morgan fingerprint density at radius 1 is 1.30 bits per heavy atom. The van der Waals surface area contributed by atoms with Crippen molar-refractivity contribution in [2.45, 2.75) is 20.0 Å². The van der Waals surface area contributed by atoms with Crippen molar-refractivity contribution in [2.75, 3.05) is 26.2 Å². The number of hydrogen-bond acceptors (Lipinski definition) is 3. The summed E-state index contributed by atoms with van der Waals surface area (Å²) in [5.41, 5.74) is 0.667. The van der Waals surface area contributed by atoms with Crippen molar-refractivity contribution in [1.82, 2.24) is 20.2 Å². The van der Waals surface area contributed by atoms with Gasteiger partial charge in [0.05, 0.1) is 11.0 Å². The number of aromatic nitrogens is 2. The summed E-state index contributed by atoms with van der Waals surface area (Å²) in [5, 5.41) is 2.76. The first-order valence-electron chi connectivity index (χ1n) is 7.42. The number of halogens is 3. The molecule has 0 saturated carbocycles. The highest BCUT2D eigenvalue weighted by Gasteiger charge is 2.34. The molecule has 0 fully saturated rings. The molecule has 0 aliphatic rings. The fraction of sp³-hybridized carbons (Fsp3) is 0.467. The Morgan fingerprint density at radius 3 is 2.61 bits per heavy atom. The smallest absolute Gasteiger partial charge is 0.351 e. The summed E-state index contributed by atoms with van der Waals surface area (Å²) in [6.07, 6.45) is -4.54. The van der Waals surface area contributed by atoms with E-state index >= 15 is 0 Å². The second-order valence-electron chi connectivity index (χ2n) is 5.10. The zero-order valence-corrected chi connectivity index (χ0v) is 13.0. The van der Waals surface area contributed by atoms with Gasteiger partial charge in [-0.1, -0.05) is 13.8 Å². The van der Waals surface area contributed by atoms with Crippen LogP contribution in [0.3, 0.4) is 0 Å². The number of nitrogens with zero attached hydrogens (tertiary/aromatic N) is 2. The zero-order valence-electron chi connectivity index (χ0n) is 13.0. The third-order valence-corrected chi connectivity index (χ3v) is 3.62. The molecule has 2 rings (SSSR count). The van der Waals surface area contributed by atoms with Crippen LogP contribution in [0.5, 0.6) is 0 Å². The Balaban J connectivity index is 2.06. The number of likely N-dealkylation sites (N-methyl/N-ethyl adjacent to an activating group) is 1. The molecule has 126 valence electrons. The molecule has 0 unspecified atom stereocenters. The number of carbonyl (C=O) groups excluding carboxylic acids is 1. The average molecular weight is 328 g/mol. The standard InChI is InChI=1S/C15H19F3N4O/c1-3-22(4-2)8-7-19-13(23)10-5-6-11-12(9-10)21-14(20-11)15(16,17)18/h5-6,9H,3-4,7-8H2,1-2H3,(H,19,23)(H,20,21). The maximum atomic E-state index is 12.6. The SMILES string of the molecule is CCN(CC)CCNC(=O)c1ccc2nc(C(F)(F)F)[nH]c2c1. The van der Waals surface area contributed by atoms with Gasteiger partial charge in [0.2, 0.25) is 5.82 Å². The van der Waals surface area contributed by atoms with Crippen LogP contribution >= 0.6 is 0 Å². The summed E-state index contributed by atoms with van der Waals surface area (Å²) in [5.74, 6) is -1.38. The molecule has 1 amide bonds. The normalized spacial score (nSPS) is 12.1. The number of carbonyl (C=O) groups is 1. The molecule has 23 heavy (non-hydrogen) atoms. The number of fused-ring (bicyclic) bond motifs is 1. The minimum Gasteiger partial charge on any atom is -0.351 e. The van der Waals surface area contributed by atoms with Crippen molar-refractivity contribution < 1.29 is 18.0 Å². The minimum absolute atomic E-state index is 0.178. The van der Waals surface area contributed by atoms with E-state index in [2.05, 4.69) is 20.2 Å². The van der Waals surface area contributed by atoms with Crippen LogP contribution in [-0.4, -0.2) is 47.0 Å². The van der Waals surface area contributed by atoms with Crippen LogP contribution in [0, 0.1) is 0 Å². The van der Waals surface area contributed by atoms with Gasteiger partial charge in [-0.3, -0.25) is 4.79 Å². The summed E-state index contributed by atoms with van der Waals surface area (Å²) in [7, 11) is 0. The van der Waals surface area contributed by atoms with Crippen LogP contribution in [0.25, 0.3) is 11.0 Å². The second kappa shape index (κ2) is 6.99. The highest BCUT2D eigenvalue weighted by atomic mass is 19.4. The van der Waals surface area contributed by atoms with Crippen molar-refractivity contribution in [3.05, 3.63) is 29.6 Å². The Kier molecular flexibility index (Phi) is 5.25. The maximum Gasteiger partial charge on any atom is 0.449 e. The van der Waals surface area contributed by atoms with E-state index in [1.807, 2.05) is 13.8 Å². The van der Waals surface area contributed by atoms with E-state index in [1.54, 1.807) is 0 Å². The molecule has 0 aliphatic carbocycles. The summed E-state index contributed by atoms with van der Waals surface area (Å²) < 4.78 is 37.9. The highest BCUT2D eigenvalue weighted by Crippen LogP contribution is 2.28. The van der Waals surface area contributed by atoms with Gasteiger partial charge in [0.15, 0.2) is 0 Å². The molecule has 0 saturated heterocycles. The van der Waals surface area contributed by atoms with Gasteiger partial charge in [0, 0.05) is 18.7 Å². The van der Waals surface area contributed by atoms with E-state index in [-0.39, 0.29) is 16.9 Å². The molecule has 2 N–H and O–H groups in total. The van der Waals surface area contributed by atoms with Crippen molar-refractivity contribution in [3.8, 4) is 0 Å². The first-order valence-corrected chi connectivity index (χ1v) is 7.42. The van der Waals surface area contributed by atoms with Crippen molar-refractivity contribution >= 4 is 16.9 Å². The van der Waals surface area contributed by atoms with Gasteiger partial charge in [-0.25, -0.2) is 4.98 Å². The molecular weight excluding hydrogens is 309 g/mol. The molecule has 0 bridgehead atoms. The lowest BCUT2D eigenvalue weighted by Crippen LogP contribution is -2.34. The van der Waals surface area contributed by atoms with E-state index in [4.69, 9.17) is 0 Å². The maximum absolute atomic E-state index is 12.6. The Labute approximate surface area is 131 Å². The van der Waals surface area contributed by atoms with E-state index in [0.29, 0.717) is 12.1 Å². The highest BCUT2D eigenvalue weighted by molar-refractivity contribution is 5.97. The number of aromatic amines is 1. The van der Waals surface area contributed by atoms with E-state index in [1.165, 1.54) is 18.2 Å². The molecule has 1 aromatic heterocycles. The number of hydrogen-bond donors (Lipinski definition) is 2. The largest absolute Gasteiger partial charge is 0.449 e. The lowest BCUT2D eigenvalue weighted by molar-refractivity contribution is -0.144. The topological polar surface area (TPSA) is 61.0 Å². The summed E-state index contributed by atoms with van der Waals surface area (Å²) in [6.45, 7) is 7.07. The van der Waals surface area contributed by atoms with Crippen LogP contribution in [-0.2, 0) is 6.18 Å². The third kappa shape index (κ3) is 4.22. The van der Waals surface area contributed by atoms with Gasteiger partial charge < -0.3 is 15.2 Å². The number of alkyl halides is 3. The van der Waals surface area contributed by atoms with Crippen LogP contribution < -0.4 is 5.32 Å². The van der Waals surface area contributed by atoms with Crippen molar-refractivity contribution in [3.63, 3.8) is 0 Å². The second-order valence-corrected chi connectivity index (χ2v) is 5.10. The quantitative estimate of drug-likeness (QED) is 0.857. The first-order chi connectivity index (χ1) is 10.8. The molecule has 5 nitrogen and oxygen atoms in total. The lowest BCUT2D eigenvalue weighted by atomic mass is 10.2. The molecule has 0 atom stereocenters. The number of benzene rings is 1. The van der Waals surface area contributed by atoms with Gasteiger partial charge in [-0.2, -0.15) is 13.2 Å². The Morgan fingerprint density at radius 2 is 2.00 bits per heavy atom. The number of imidazole rings is 1.